The first-order chi connectivity index (χ1) is 12.0. The number of aryl methyl sites for hydroxylation is 1. The summed E-state index contributed by atoms with van der Waals surface area (Å²) >= 11 is 12.0. The van der Waals surface area contributed by atoms with Gasteiger partial charge in [0.25, 0.3) is 0 Å². The molecule has 3 rings (SSSR count). The summed E-state index contributed by atoms with van der Waals surface area (Å²) < 4.78 is 4.07. The number of para-hydroxylation sites is 2. The van der Waals surface area contributed by atoms with Crippen LogP contribution in [0, 0.1) is 0 Å². The van der Waals surface area contributed by atoms with Crippen LogP contribution in [0.2, 0.25) is 10.0 Å². The molecule has 0 fully saturated rings. The monoisotopic (exact) mass is 413 g/mol. The predicted octanol–water partition coefficient (Wildman–Crippen LogP) is 1.36. The van der Waals surface area contributed by atoms with Gasteiger partial charge >= 0.3 is 5.95 Å². The minimum absolute atomic E-state index is 0. The van der Waals surface area contributed by atoms with Crippen molar-refractivity contribution >= 4 is 40.2 Å². The number of unbranched alkanes of at least 4 members (excludes halogenated alkanes) is 1. The van der Waals surface area contributed by atoms with Crippen molar-refractivity contribution < 1.29 is 22.1 Å². The van der Waals surface area contributed by atoms with E-state index in [2.05, 4.69) is 17.6 Å². The minimum Gasteiger partial charge on any atom is -1.00 e. The minimum atomic E-state index is -0.729. The lowest BCUT2D eigenvalue weighted by Crippen LogP contribution is -3.00. The van der Waals surface area contributed by atoms with Gasteiger partial charge in [-0.3, -0.25) is 5.73 Å². The molecule has 0 bridgehead atoms. The van der Waals surface area contributed by atoms with E-state index in [1.54, 1.807) is 18.2 Å². The Morgan fingerprint density at radius 1 is 1.15 bits per heavy atom. The van der Waals surface area contributed by atoms with E-state index >= 15 is 0 Å². The molecule has 0 spiro atoms. The Kier molecular flexibility index (Phi) is 7.18. The molecule has 140 valence electrons. The molecule has 0 radical (unpaired) electrons. The summed E-state index contributed by atoms with van der Waals surface area (Å²) in [6.45, 7) is 3.37. The number of nitrogens with zero attached hydrogens (tertiary/aromatic N) is 2. The van der Waals surface area contributed by atoms with Crippen LogP contribution in [-0.2, 0) is 13.1 Å². The number of hydrogen-bond donors (Lipinski definition) is 2. The van der Waals surface area contributed by atoms with Gasteiger partial charge in [0.1, 0.15) is 23.7 Å². The number of aliphatic hydroxyl groups excluding tert-OH is 1. The van der Waals surface area contributed by atoms with E-state index in [9.17, 15) is 5.11 Å². The lowest BCUT2D eigenvalue weighted by Gasteiger charge is -2.11. The Morgan fingerprint density at radius 3 is 2.58 bits per heavy atom. The van der Waals surface area contributed by atoms with Gasteiger partial charge in [-0.1, -0.05) is 54.7 Å². The molecule has 0 aliphatic heterocycles. The van der Waals surface area contributed by atoms with Crippen LogP contribution in [0.4, 0.5) is 5.95 Å². The fourth-order valence-corrected chi connectivity index (χ4v) is 3.36. The number of aliphatic hydroxyl groups is 1. The van der Waals surface area contributed by atoms with Crippen molar-refractivity contribution in [1.29, 1.82) is 0 Å². The second-order valence-corrected chi connectivity index (χ2v) is 6.97. The van der Waals surface area contributed by atoms with Crippen molar-refractivity contribution in [2.45, 2.75) is 39.0 Å². The summed E-state index contributed by atoms with van der Waals surface area (Å²) in [6, 6.07) is 13.2. The number of nitrogen functional groups attached to an aromatic ring is 1. The fourth-order valence-electron chi connectivity index (χ4n) is 3.05. The van der Waals surface area contributed by atoms with E-state index in [4.69, 9.17) is 28.9 Å². The van der Waals surface area contributed by atoms with Crippen molar-refractivity contribution in [3.63, 3.8) is 0 Å². The molecule has 3 N–H and O–H groups in total. The molecule has 1 heterocycles. The average molecular weight is 415 g/mol. The van der Waals surface area contributed by atoms with Gasteiger partial charge in [-0.15, -0.1) is 0 Å². The third-order valence-corrected chi connectivity index (χ3v) is 5.17. The molecule has 2 aromatic carbocycles. The number of fused-ring (bicyclic) bond motifs is 1. The van der Waals surface area contributed by atoms with Crippen molar-refractivity contribution in [2.24, 2.45) is 0 Å². The molecule has 26 heavy (non-hydrogen) atoms. The number of imidazole rings is 1. The topological polar surface area (TPSA) is 55.1 Å². The highest BCUT2D eigenvalue weighted by molar-refractivity contribution is 6.42. The number of anilines is 1. The van der Waals surface area contributed by atoms with Crippen LogP contribution in [0.3, 0.4) is 0 Å². The van der Waals surface area contributed by atoms with Gasteiger partial charge in [0, 0.05) is 0 Å². The van der Waals surface area contributed by atoms with Gasteiger partial charge in [-0.2, -0.15) is 0 Å². The summed E-state index contributed by atoms with van der Waals surface area (Å²) in [4.78, 5) is 0. The Labute approximate surface area is 169 Å². The van der Waals surface area contributed by atoms with Crippen LogP contribution < -0.4 is 22.7 Å². The van der Waals surface area contributed by atoms with E-state index in [-0.39, 0.29) is 12.4 Å². The van der Waals surface area contributed by atoms with Crippen molar-refractivity contribution in [1.82, 2.24) is 4.57 Å². The van der Waals surface area contributed by atoms with Crippen molar-refractivity contribution in [3.8, 4) is 0 Å². The molecule has 1 unspecified atom stereocenters. The summed E-state index contributed by atoms with van der Waals surface area (Å²) in [5.74, 6) is 0.647. The highest BCUT2D eigenvalue weighted by Crippen LogP contribution is 2.26. The molecule has 0 saturated heterocycles. The zero-order valence-corrected chi connectivity index (χ0v) is 16.8. The number of nitrogens with two attached hydrogens (primary N) is 1. The first-order valence-corrected chi connectivity index (χ1v) is 9.18. The molecular weight excluding hydrogens is 393 g/mol. The van der Waals surface area contributed by atoms with E-state index in [0.717, 1.165) is 30.4 Å². The molecule has 3 aromatic rings. The SMILES string of the molecule is CCCCn1c(N)[n+](CC(O)c2ccc(Cl)c(Cl)c2)c2ccccc21.[Cl-]. The van der Waals surface area contributed by atoms with Crippen LogP contribution in [0.5, 0.6) is 0 Å². The molecular formula is C19H22Cl3N3O. The van der Waals surface area contributed by atoms with Gasteiger partial charge < -0.3 is 17.5 Å². The molecule has 1 aromatic heterocycles. The standard InChI is InChI=1S/C19H21Cl2N3O.ClH/c1-2-3-10-23-16-6-4-5-7-17(16)24(19(23)22)12-18(25)13-8-9-14(20)15(21)11-13;/h4-9,11,18,22,25H,2-3,10,12H2,1H3;1H. The first-order valence-electron chi connectivity index (χ1n) is 8.42. The molecule has 0 aliphatic carbocycles. The zero-order chi connectivity index (χ0) is 18.0. The maximum atomic E-state index is 10.7. The van der Waals surface area contributed by atoms with Crippen LogP contribution in [0.1, 0.15) is 31.4 Å². The second-order valence-electron chi connectivity index (χ2n) is 6.15. The number of rotatable bonds is 6. The van der Waals surface area contributed by atoms with E-state index in [1.807, 2.05) is 22.8 Å². The van der Waals surface area contributed by atoms with Crippen LogP contribution in [-0.4, -0.2) is 9.67 Å². The molecule has 0 amide bonds. The van der Waals surface area contributed by atoms with Crippen LogP contribution in [0.15, 0.2) is 42.5 Å². The fraction of sp³-hybridized carbons (Fsp3) is 0.316. The Hall–Kier alpha value is -1.46. The molecule has 0 aliphatic rings. The zero-order valence-electron chi connectivity index (χ0n) is 14.5. The summed E-state index contributed by atoms with van der Waals surface area (Å²) in [6.07, 6.45) is 1.42. The summed E-state index contributed by atoms with van der Waals surface area (Å²) in [7, 11) is 0. The number of benzene rings is 2. The normalized spacial score (nSPS) is 12.2. The van der Waals surface area contributed by atoms with Gasteiger partial charge in [0.05, 0.1) is 16.6 Å². The summed E-state index contributed by atoms with van der Waals surface area (Å²) in [5.41, 5.74) is 9.21. The Balaban J connectivity index is 0.00000243. The smallest absolute Gasteiger partial charge is 0.356 e. The lowest BCUT2D eigenvalue weighted by atomic mass is 10.1. The predicted molar refractivity (Wildman–Crippen MR) is 103 cm³/mol. The largest absolute Gasteiger partial charge is 1.00 e. The summed E-state index contributed by atoms with van der Waals surface area (Å²) in [5, 5.41) is 11.6. The van der Waals surface area contributed by atoms with Crippen molar-refractivity contribution in [3.05, 3.63) is 58.1 Å². The molecule has 0 saturated carbocycles. The van der Waals surface area contributed by atoms with Gasteiger partial charge in [0.2, 0.25) is 0 Å². The van der Waals surface area contributed by atoms with Gasteiger partial charge in [0.15, 0.2) is 0 Å². The molecule has 4 nitrogen and oxygen atoms in total. The highest BCUT2D eigenvalue weighted by Gasteiger charge is 2.23. The lowest BCUT2D eigenvalue weighted by molar-refractivity contribution is -0.666. The molecule has 7 heteroatoms. The van der Waals surface area contributed by atoms with E-state index in [1.165, 1.54) is 0 Å². The van der Waals surface area contributed by atoms with Gasteiger partial charge in [-0.25, -0.2) is 9.13 Å². The van der Waals surface area contributed by atoms with E-state index < -0.39 is 6.10 Å². The van der Waals surface area contributed by atoms with Crippen LogP contribution >= 0.6 is 23.2 Å². The van der Waals surface area contributed by atoms with E-state index in [0.29, 0.717) is 28.1 Å². The quantitative estimate of drug-likeness (QED) is 0.598. The third kappa shape index (κ3) is 4.09. The maximum Gasteiger partial charge on any atom is 0.356 e. The Bertz CT molecular complexity index is 895. The maximum absolute atomic E-state index is 10.7. The highest BCUT2D eigenvalue weighted by atomic mass is 35.5. The first kappa shape index (κ1) is 20.8. The second kappa shape index (κ2) is 8.96. The van der Waals surface area contributed by atoms with Crippen molar-refractivity contribution in [2.75, 3.05) is 5.73 Å². The average Bonchev–Trinajstić information content (AvgIpc) is 2.87. The molecule has 1 atom stereocenters. The third-order valence-electron chi connectivity index (χ3n) is 4.44. The van der Waals surface area contributed by atoms with Gasteiger partial charge in [-0.05, 0) is 36.2 Å². The Morgan fingerprint density at radius 2 is 1.88 bits per heavy atom. The number of halogens is 3. The number of aromatic nitrogens is 2. The number of hydrogen-bond acceptors (Lipinski definition) is 2. The van der Waals surface area contributed by atoms with Crippen LogP contribution in [0.25, 0.3) is 11.0 Å².